The van der Waals surface area contributed by atoms with E-state index in [1.165, 1.54) is 18.2 Å². The predicted molar refractivity (Wildman–Crippen MR) is 60.8 cm³/mol. The Morgan fingerprint density at radius 2 is 2.06 bits per heavy atom. The van der Waals surface area contributed by atoms with Crippen LogP contribution in [0.15, 0.2) is 30.9 Å². The van der Waals surface area contributed by atoms with Gasteiger partial charge in [-0.05, 0) is 18.6 Å². The SMILES string of the molecule is C=C[C](C)c1cccc(OCC)c1C(F)(F)F. The molecule has 0 spiro atoms. The van der Waals surface area contributed by atoms with Gasteiger partial charge in [-0.25, -0.2) is 0 Å². The average Bonchev–Trinajstić information content (AvgIpc) is 2.26. The second-order valence-electron chi connectivity index (χ2n) is 3.50. The molecule has 0 amide bonds. The number of hydrogen-bond acceptors (Lipinski definition) is 1. The molecule has 0 saturated carbocycles. The molecule has 0 aliphatic heterocycles. The summed E-state index contributed by atoms with van der Waals surface area (Å²) in [6.07, 6.45) is -3.04. The number of hydrogen-bond donors (Lipinski definition) is 0. The van der Waals surface area contributed by atoms with Crippen LogP contribution >= 0.6 is 0 Å². The van der Waals surface area contributed by atoms with E-state index in [0.717, 1.165) is 0 Å². The van der Waals surface area contributed by atoms with Crippen molar-refractivity contribution in [1.82, 2.24) is 0 Å². The summed E-state index contributed by atoms with van der Waals surface area (Å²) in [5.41, 5.74) is -0.627. The molecule has 0 saturated heterocycles. The van der Waals surface area contributed by atoms with Crippen LogP contribution in [0, 0.1) is 5.92 Å². The Labute approximate surface area is 98.9 Å². The molecule has 0 bridgehead atoms. The van der Waals surface area contributed by atoms with Gasteiger partial charge in [-0.15, -0.1) is 6.58 Å². The van der Waals surface area contributed by atoms with Gasteiger partial charge in [0.25, 0.3) is 0 Å². The molecule has 1 nitrogen and oxygen atoms in total. The largest absolute Gasteiger partial charge is 0.493 e. The molecule has 1 aromatic rings. The van der Waals surface area contributed by atoms with Gasteiger partial charge in [-0.1, -0.05) is 25.1 Å². The smallest absolute Gasteiger partial charge is 0.420 e. The zero-order valence-electron chi connectivity index (χ0n) is 9.77. The summed E-state index contributed by atoms with van der Waals surface area (Å²) in [7, 11) is 0. The van der Waals surface area contributed by atoms with E-state index in [1.54, 1.807) is 19.9 Å². The highest BCUT2D eigenvalue weighted by Gasteiger charge is 2.37. The molecule has 1 rings (SSSR count). The highest BCUT2D eigenvalue weighted by Crippen LogP contribution is 2.41. The molecular formula is C13H14F3O. The number of rotatable bonds is 4. The van der Waals surface area contributed by atoms with Gasteiger partial charge in [0.2, 0.25) is 0 Å². The van der Waals surface area contributed by atoms with Gasteiger partial charge < -0.3 is 4.74 Å². The number of alkyl halides is 3. The van der Waals surface area contributed by atoms with Gasteiger partial charge >= 0.3 is 6.18 Å². The first kappa shape index (κ1) is 13.6. The van der Waals surface area contributed by atoms with Crippen molar-refractivity contribution < 1.29 is 17.9 Å². The van der Waals surface area contributed by atoms with Crippen molar-refractivity contribution >= 4 is 0 Å². The van der Waals surface area contributed by atoms with Crippen LogP contribution in [0.4, 0.5) is 13.2 Å². The van der Waals surface area contributed by atoms with Crippen molar-refractivity contribution in [1.29, 1.82) is 0 Å². The Morgan fingerprint density at radius 3 is 2.53 bits per heavy atom. The molecule has 1 radical (unpaired) electrons. The van der Waals surface area contributed by atoms with E-state index in [0.29, 0.717) is 5.92 Å². The molecule has 0 fully saturated rings. The molecule has 0 aliphatic carbocycles. The van der Waals surface area contributed by atoms with E-state index in [-0.39, 0.29) is 17.9 Å². The fourth-order valence-corrected chi connectivity index (χ4v) is 1.54. The molecule has 0 heterocycles. The van der Waals surface area contributed by atoms with E-state index < -0.39 is 11.7 Å². The Kier molecular flexibility index (Phi) is 4.21. The summed E-state index contributed by atoms with van der Waals surface area (Å²) in [5, 5.41) is 0. The van der Waals surface area contributed by atoms with Crippen LogP contribution in [0.3, 0.4) is 0 Å². The van der Waals surface area contributed by atoms with E-state index in [2.05, 4.69) is 6.58 Å². The zero-order valence-corrected chi connectivity index (χ0v) is 9.77. The van der Waals surface area contributed by atoms with E-state index >= 15 is 0 Å². The van der Waals surface area contributed by atoms with Crippen LogP contribution in [-0.4, -0.2) is 6.61 Å². The number of ether oxygens (including phenoxy) is 1. The van der Waals surface area contributed by atoms with Crippen molar-refractivity contribution in [2.24, 2.45) is 0 Å². The molecule has 4 heteroatoms. The normalized spacial score (nSPS) is 11.6. The first-order chi connectivity index (χ1) is 7.91. The lowest BCUT2D eigenvalue weighted by Crippen LogP contribution is -2.13. The second-order valence-corrected chi connectivity index (χ2v) is 3.50. The highest BCUT2D eigenvalue weighted by atomic mass is 19.4. The van der Waals surface area contributed by atoms with Crippen molar-refractivity contribution in [2.45, 2.75) is 20.0 Å². The maximum atomic E-state index is 13.0. The predicted octanol–water partition coefficient (Wildman–Crippen LogP) is 4.23. The molecule has 17 heavy (non-hydrogen) atoms. The standard InChI is InChI=1S/C13H14F3O/c1-4-9(3)10-7-6-8-11(17-5-2)12(10)13(14,15)16/h4,6-8H,1,5H2,2-3H3. The van der Waals surface area contributed by atoms with Crippen LogP contribution in [-0.2, 0) is 6.18 Å². The van der Waals surface area contributed by atoms with Gasteiger partial charge in [0.1, 0.15) is 11.3 Å². The van der Waals surface area contributed by atoms with Crippen molar-refractivity contribution in [3.63, 3.8) is 0 Å². The third kappa shape index (κ3) is 3.02. The molecule has 0 N–H and O–H groups in total. The maximum Gasteiger partial charge on any atom is 0.420 e. The minimum atomic E-state index is -4.44. The lowest BCUT2D eigenvalue weighted by molar-refractivity contribution is -0.139. The van der Waals surface area contributed by atoms with Gasteiger partial charge in [0.05, 0.1) is 6.61 Å². The third-order valence-corrected chi connectivity index (χ3v) is 2.34. The van der Waals surface area contributed by atoms with Crippen LogP contribution in [0.25, 0.3) is 0 Å². The number of allylic oxidation sites excluding steroid dienone is 1. The molecule has 0 unspecified atom stereocenters. The molecule has 93 valence electrons. The van der Waals surface area contributed by atoms with Gasteiger partial charge in [-0.2, -0.15) is 13.2 Å². The molecule has 1 aromatic carbocycles. The highest BCUT2D eigenvalue weighted by molar-refractivity contribution is 5.50. The second kappa shape index (κ2) is 5.25. The van der Waals surface area contributed by atoms with Gasteiger partial charge in [0.15, 0.2) is 0 Å². The Bertz CT molecular complexity index is 396. The Hall–Kier alpha value is -1.45. The number of halogens is 3. The van der Waals surface area contributed by atoms with E-state index in [9.17, 15) is 13.2 Å². The minimum Gasteiger partial charge on any atom is -0.493 e. The van der Waals surface area contributed by atoms with Crippen LogP contribution < -0.4 is 4.74 Å². The summed E-state index contributed by atoms with van der Waals surface area (Å²) in [4.78, 5) is 0. The average molecular weight is 243 g/mol. The fraction of sp³-hybridized carbons (Fsp3) is 0.308. The van der Waals surface area contributed by atoms with Crippen molar-refractivity contribution in [3.05, 3.63) is 47.9 Å². The van der Waals surface area contributed by atoms with E-state index in [1.807, 2.05) is 0 Å². The summed E-state index contributed by atoms with van der Waals surface area (Å²) in [6, 6.07) is 4.29. The number of benzene rings is 1. The first-order valence-corrected chi connectivity index (χ1v) is 5.21. The fourth-order valence-electron chi connectivity index (χ4n) is 1.54. The quantitative estimate of drug-likeness (QED) is 0.768. The van der Waals surface area contributed by atoms with Crippen LogP contribution in [0.5, 0.6) is 5.75 Å². The monoisotopic (exact) mass is 243 g/mol. The first-order valence-electron chi connectivity index (χ1n) is 5.21. The van der Waals surface area contributed by atoms with Crippen LogP contribution in [0.2, 0.25) is 0 Å². The lowest BCUT2D eigenvalue weighted by atomic mass is 9.94. The zero-order chi connectivity index (χ0) is 13.1. The molecule has 0 atom stereocenters. The van der Waals surface area contributed by atoms with Gasteiger partial charge in [-0.3, -0.25) is 0 Å². The topological polar surface area (TPSA) is 9.23 Å². The van der Waals surface area contributed by atoms with Crippen molar-refractivity contribution in [3.8, 4) is 5.75 Å². The van der Waals surface area contributed by atoms with Crippen LogP contribution in [0.1, 0.15) is 25.0 Å². The van der Waals surface area contributed by atoms with Crippen molar-refractivity contribution in [2.75, 3.05) is 6.61 Å². The summed E-state index contributed by atoms with van der Waals surface area (Å²) < 4.78 is 44.0. The molecule has 0 aliphatic rings. The third-order valence-electron chi connectivity index (χ3n) is 2.34. The minimum absolute atomic E-state index is 0.110. The summed E-state index contributed by atoms with van der Waals surface area (Å²) in [6.45, 7) is 6.93. The maximum absolute atomic E-state index is 13.0. The molecular weight excluding hydrogens is 229 g/mol. The lowest BCUT2D eigenvalue weighted by Gasteiger charge is -2.19. The van der Waals surface area contributed by atoms with Gasteiger partial charge in [0, 0.05) is 5.92 Å². The summed E-state index contributed by atoms with van der Waals surface area (Å²) in [5.74, 6) is 0.331. The Balaban J connectivity index is 3.39. The summed E-state index contributed by atoms with van der Waals surface area (Å²) >= 11 is 0. The molecule has 0 aromatic heterocycles. The van der Waals surface area contributed by atoms with E-state index in [4.69, 9.17) is 4.74 Å². The Morgan fingerprint density at radius 1 is 1.41 bits per heavy atom.